The molecule has 0 bridgehead atoms. The fourth-order valence-electron chi connectivity index (χ4n) is 1.95. The predicted molar refractivity (Wildman–Crippen MR) is 50.8 cm³/mol. The zero-order valence-corrected chi connectivity index (χ0v) is 8.26. The molecule has 1 heteroatoms. The normalized spacial score (nSPS) is 33.2. The van der Waals surface area contributed by atoms with E-state index in [0.717, 1.165) is 6.61 Å². The SMILES string of the molecule is C#CC1OCC(C)(C)C1CCC. The summed E-state index contributed by atoms with van der Waals surface area (Å²) in [5, 5.41) is 0. The number of hydrogen-bond donors (Lipinski definition) is 0. The molecular formula is C11H18O. The summed E-state index contributed by atoms with van der Waals surface area (Å²) < 4.78 is 5.55. The maximum Gasteiger partial charge on any atom is 0.121 e. The molecule has 1 rings (SSSR count). The van der Waals surface area contributed by atoms with Crippen LogP contribution in [0.1, 0.15) is 33.6 Å². The van der Waals surface area contributed by atoms with Gasteiger partial charge in [0, 0.05) is 5.92 Å². The van der Waals surface area contributed by atoms with Crippen molar-refractivity contribution in [3.8, 4) is 12.3 Å². The Bertz CT molecular complexity index is 188. The predicted octanol–water partition coefficient (Wildman–Crippen LogP) is 2.46. The van der Waals surface area contributed by atoms with E-state index in [2.05, 4.69) is 26.7 Å². The quantitative estimate of drug-likeness (QED) is 0.573. The molecule has 1 heterocycles. The number of rotatable bonds is 2. The average molecular weight is 166 g/mol. The summed E-state index contributed by atoms with van der Waals surface area (Å²) in [4.78, 5) is 0. The Morgan fingerprint density at radius 2 is 2.25 bits per heavy atom. The average Bonchev–Trinajstić information content (AvgIpc) is 2.29. The van der Waals surface area contributed by atoms with Crippen molar-refractivity contribution in [2.45, 2.75) is 39.7 Å². The third kappa shape index (κ3) is 1.64. The molecule has 0 aromatic heterocycles. The van der Waals surface area contributed by atoms with Crippen molar-refractivity contribution in [2.75, 3.05) is 6.61 Å². The van der Waals surface area contributed by atoms with E-state index in [1.54, 1.807) is 0 Å². The van der Waals surface area contributed by atoms with Gasteiger partial charge in [0.05, 0.1) is 6.61 Å². The van der Waals surface area contributed by atoms with Crippen LogP contribution in [0.4, 0.5) is 0 Å². The molecule has 0 radical (unpaired) electrons. The van der Waals surface area contributed by atoms with Gasteiger partial charge in [0.2, 0.25) is 0 Å². The first-order chi connectivity index (χ1) is 5.61. The van der Waals surface area contributed by atoms with Crippen LogP contribution in [0.25, 0.3) is 0 Å². The lowest BCUT2D eigenvalue weighted by Crippen LogP contribution is -2.25. The van der Waals surface area contributed by atoms with Crippen molar-refractivity contribution in [2.24, 2.45) is 11.3 Å². The van der Waals surface area contributed by atoms with Gasteiger partial charge in [-0.05, 0) is 11.8 Å². The molecule has 1 saturated heterocycles. The van der Waals surface area contributed by atoms with Gasteiger partial charge in [0.25, 0.3) is 0 Å². The number of ether oxygens (including phenoxy) is 1. The van der Waals surface area contributed by atoms with Gasteiger partial charge in [0.15, 0.2) is 0 Å². The third-order valence-corrected chi connectivity index (χ3v) is 2.77. The summed E-state index contributed by atoms with van der Waals surface area (Å²) in [6, 6.07) is 0. The first kappa shape index (κ1) is 9.61. The minimum atomic E-state index is 0.0555. The molecular weight excluding hydrogens is 148 g/mol. The summed E-state index contributed by atoms with van der Waals surface area (Å²) in [7, 11) is 0. The van der Waals surface area contributed by atoms with Crippen LogP contribution in [0.3, 0.4) is 0 Å². The van der Waals surface area contributed by atoms with Crippen LogP contribution in [0, 0.1) is 23.7 Å². The first-order valence-electron chi connectivity index (χ1n) is 4.69. The van der Waals surface area contributed by atoms with Gasteiger partial charge in [-0.15, -0.1) is 6.42 Å². The molecule has 0 saturated carbocycles. The van der Waals surface area contributed by atoms with Crippen LogP contribution in [-0.4, -0.2) is 12.7 Å². The zero-order valence-electron chi connectivity index (χ0n) is 8.26. The van der Waals surface area contributed by atoms with E-state index in [1.807, 2.05) is 0 Å². The molecule has 12 heavy (non-hydrogen) atoms. The molecule has 0 aromatic carbocycles. The largest absolute Gasteiger partial charge is 0.365 e. The van der Waals surface area contributed by atoms with E-state index in [1.165, 1.54) is 12.8 Å². The Morgan fingerprint density at radius 3 is 2.75 bits per heavy atom. The lowest BCUT2D eigenvalue weighted by atomic mass is 9.76. The number of hydrogen-bond acceptors (Lipinski definition) is 1. The molecule has 0 aliphatic carbocycles. The van der Waals surface area contributed by atoms with Crippen LogP contribution in [0.5, 0.6) is 0 Å². The lowest BCUT2D eigenvalue weighted by Gasteiger charge is -2.25. The van der Waals surface area contributed by atoms with Gasteiger partial charge in [-0.25, -0.2) is 0 Å². The molecule has 2 atom stereocenters. The Kier molecular flexibility index (Phi) is 2.80. The fourth-order valence-corrected chi connectivity index (χ4v) is 1.95. The van der Waals surface area contributed by atoms with E-state index in [-0.39, 0.29) is 11.5 Å². The zero-order chi connectivity index (χ0) is 9.19. The van der Waals surface area contributed by atoms with Crippen LogP contribution < -0.4 is 0 Å². The number of terminal acetylenes is 1. The Morgan fingerprint density at radius 1 is 1.58 bits per heavy atom. The molecule has 1 nitrogen and oxygen atoms in total. The summed E-state index contributed by atoms with van der Waals surface area (Å²) in [6.45, 7) is 7.49. The van der Waals surface area contributed by atoms with Crippen molar-refractivity contribution >= 4 is 0 Å². The summed E-state index contributed by atoms with van der Waals surface area (Å²) in [5.41, 5.74) is 0.271. The highest BCUT2D eigenvalue weighted by Gasteiger charge is 2.41. The van der Waals surface area contributed by atoms with E-state index < -0.39 is 0 Å². The van der Waals surface area contributed by atoms with E-state index in [0.29, 0.717) is 5.92 Å². The maximum atomic E-state index is 5.55. The van der Waals surface area contributed by atoms with Crippen molar-refractivity contribution in [1.82, 2.24) is 0 Å². The Hall–Kier alpha value is -0.480. The van der Waals surface area contributed by atoms with Gasteiger partial charge >= 0.3 is 0 Å². The molecule has 0 aromatic rings. The summed E-state index contributed by atoms with van der Waals surface area (Å²) >= 11 is 0. The lowest BCUT2D eigenvalue weighted by molar-refractivity contribution is 0.128. The van der Waals surface area contributed by atoms with E-state index in [9.17, 15) is 0 Å². The molecule has 0 spiro atoms. The van der Waals surface area contributed by atoms with Crippen LogP contribution in [0.2, 0.25) is 0 Å². The second-order valence-electron chi connectivity index (χ2n) is 4.28. The minimum Gasteiger partial charge on any atom is -0.365 e. The van der Waals surface area contributed by atoms with Gasteiger partial charge in [0.1, 0.15) is 6.10 Å². The van der Waals surface area contributed by atoms with E-state index >= 15 is 0 Å². The van der Waals surface area contributed by atoms with Crippen LogP contribution in [-0.2, 0) is 4.74 Å². The molecule has 1 fully saturated rings. The highest BCUT2D eigenvalue weighted by Crippen LogP contribution is 2.40. The topological polar surface area (TPSA) is 9.23 Å². The van der Waals surface area contributed by atoms with Crippen molar-refractivity contribution in [1.29, 1.82) is 0 Å². The third-order valence-electron chi connectivity index (χ3n) is 2.77. The molecule has 2 unspecified atom stereocenters. The standard InChI is InChI=1S/C11H18O/c1-5-7-9-10(6-2)12-8-11(9,3)4/h2,9-10H,5,7-8H2,1,3-4H3. The summed E-state index contributed by atoms with van der Waals surface area (Å²) in [5.74, 6) is 3.28. The van der Waals surface area contributed by atoms with Gasteiger partial charge in [-0.3, -0.25) is 0 Å². The van der Waals surface area contributed by atoms with E-state index in [4.69, 9.17) is 11.2 Å². The Labute approximate surface area is 75.5 Å². The Balaban J connectivity index is 2.68. The van der Waals surface area contributed by atoms with Crippen molar-refractivity contribution in [3.63, 3.8) is 0 Å². The maximum absolute atomic E-state index is 5.55. The van der Waals surface area contributed by atoms with Crippen molar-refractivity contribution < 1.29 is 4.74 Å². The molecule has 1 aliphatic rings. The first-order valence-corrected chi connectivity index (χ1v) is 4.69. The summed E-state index contributed by atoms with van der Waals surface area (Å²) in [6.07, 6.45) is 7.83. The minimum absolute atomic E-state index is 0.0555. The highest BCUT2D eigenvalue weighted by molar-refractivity contribution is 5.05. The molecule has 0 amide bonds. The van der Waals surface area contributed by atoms with Crippen LogP contribution >= 0.6 is 0 Å². The van der Waals surface area contributed by atoms with Crippen molar-refractivity contribution in [3.05, 3.63) is 0 Å². The van der Waals surface area contributed by atoms with Gasteiger partial charge < -0.3 is 4.74 Å². The monoisotopic (exact) mass is 166 g/mol. The second kappa shape index (κ2) is 3.49. The molecule has 1 aliphatic heterocycles. The highest BCUT2D eigenvalue weighted by atomic mass is 16.5. The smallest absolute Gasteiger partial charge is 0.121 e. The van der Waals surface area contributed by atoms with Gasteiger partial charge in [-0.2, -0.15) is 0 Å². The fraction of sp³-hybridized carbons (Fsp3) is 0.818. The second-order valence-corrected chi connectivity index (χ2v) is 4.28. The molecule has 68 valence electrons. The molecule has 0 N–H and O–H groups in total. The van der Waals surface area contributed by atoms with Crippen LogP contribution in [0.15, 0.2) is 0 Å². The van der Waals surface area contributed by atoms with Gasteiger partial charge in [-0.1, -0.05) is 33.1 Å².